The molecule has 0 bridgehead atoms. The molecular formula is C30H40N6O12. The fourth-order valence-electron chi connectivity index (χ4n) is 5.08. The van der Waals surface area contributed by atoms with E-state index in [1.54, 1.807) is 33.3 Å². The fraction of sp³-hybridized carbons (Fsp3) is 0.400. The minimum Gasteiger partial charge on any atom is -0.504 e. The maximum atomic E-state index is 10.7. The number of benzene rings is 2. The molecule has 2 aromatic carbocycles. The summed E-state index contributed by atoms with van der Waals surface area (Å²) in [7, 11) is 8.57. The van der Waals surface area contributed by atoms with Crippen molar-refractivity contribution < 1.29 is 60.5 Å². The van der Waals surface area contributed by atoms with Crippen LogP contribution in [-0.2, 0) is 30.1 Å². The molecular weight excluding hydrogens is 636 g/mol. The number of hydrogen-bond donors (Lipinski definition) is 10. The molecule has 4 rings (SSSR count). The van der Waals surface area contributed by atoms with Gasteiger partial charge in [-0.25, -0.2) is 0 Å². The van der Waals surface area contributed by atoms with Gasteiger partial charge in [0.1, 0.15) is 12.2 Å². The molecule has 0 saturated carbocycles. The van der Waals surface area contributed by atoms with Crippen molar-refractivity contribution in [3.05, 3.63) is 46.5 Å². The summed E-state index contributed by atoms with van der Waals surface area (Å²) in [5, 5.41) is 111. The van der Waals surface area contributed by atoms with Gasteiger partial charge in [0, 0.05) is 39.9 Å². The highest BCUT2D eigenvalue weighted by Crippen LogP contribution is 2.55. The van der Waals surface area contributed by atoms with Gasteiger partial charge < -0.3 is 65.4 Å². The molecule has 0 aliphatic rings. The van der Waals surface area contributed by atoms with Crippen molar-refractivity contribution in [1.29, 1.82) is 0 Å². The van der Waals surface area contributed by atoms with E-state index in [-0.39, 0.29) is 37.4 Å². The predicted molar refractivity (Wildman–Crippen MR) is 166 cm³/mol. The number of nitrogens with zero attached hydrogens (tertiary/aromatic N) is 6. The quantitative estimate of drug-likeness (QED) is 0.0662. The number of hydrogen-bond acceptors (Lipinski definition) is 16. The van der Waals surface area contributed by atoms with Crippen LogP contribution in [0, 0.1) is 0 Å². The molecule has 0 fully saturated rings. The van der Waals surface area contributed by atoms with E-state index in [0.717, 1.165) is 0 Å². The molecule has 2 unspecified atom stereocenters. The van der Waals surface area contributed by atoms with E-state index in [0.29, 0.717) is 23.6 Å². The average molecular weight is 677 g/mol. The summed E-state index contributed by atoms with van der Waals surface area (Å²) in [6.07, 6.45) is -1.02. The second kappa shape index (κ2) is 14.2. The summed E-state index contributed by atoms with van der Waals surface area (Å²) in [6, 6.07) is 3.18. The largest absolute Gasteiger partial charge is 0.504 e. The van der Waals surface area contributed by atoms with E-state index >= 15 is 0 Å². The molecule has 262 valence electrons. The van der Waals surface area contributed by atoms with Crippen molar-refractivity contribution in [2.75, 3.05) is 47.4 Å². The third-order valence-corrected chi connectivity index (χ3v) is 7.71. The molecule has 48 heavy (non-hydrogen) atoms. The molecule has 18 nitrogen and oxygen atoms in total. The van der Waals surface area contributed by atoms with E-state index in [2.05, 4.69) is 10.2 Å². The Hall–Kier alpha value is -5.30. The SMILES string of the molecule is CN(C)CCOC(c1c(O)c(O)c(O)c(O)c1O)c1cc(CN(C)CCOC(c2c(O)c(O)c(O)c(O)c2O)c2ccnn2C)nn1C. The topological polar surface area (TPSA) is 263 Å². The molecule has 2 heterocycles. The first-order valence-corrected chi connectivity index (χ1v) is 14.5. The second-order valence-electron chi connectivity index (χ2n) is 11.4. The van der Waals surface area contributed by atoms with Crippen LogP contribution in [0.15, 0.2) is 18.3 Å². The van der Waals surface area contributed by atoms with Gasteiger partial charge in [-0.2, -0.15) is 10.2 Å². The molecule has 0 aliphatic carbocycles. The van der Waals surface area contributed by atoms with Crippen molar-refractivity contribution >= 4 is 0 Å². The Labute approximate surface area is 274 Å². The highest BCUT2D eigenvalue weighted by atomic mass is 16.5. The molecule has 0 radical (unpaired) electrons. The molecule has 0 spiro atoms. The fourth-order valence-corrected chi connectivity index (χ4v) is 5.08. The number of aromatic nitrogens is 4. The maximum absolute atomic E-state index is 10.7. The lowest BCUT2D eigenvalue weighted by Crippen LogP contribution is -2.24. The van der Waals surface area contributed by atoms with E-state index in [4.69, 9.17) is 9.47 Å². The zero-order chi connectivity index (χ0) is 35.6. The van der Waals surface area contributed by atoms with Gasteiger partial charge in [-0.05, 0) is 33.3 Å². The Morgan fingerprint density at radius 3 is 1.50 bits per heavy atom. The summed E-state index contributed by atoms with van der Waals surface area (Å²) in [5.41, 5.74) is 0.422. The first kappa shape index (κ1) is 35.6. The Bertz CT molecular complexity index is 1710. The van der Waals surface area contributed by atoms with Gasteiger partial charge in [0.05, 0.1) is 41.4 Å². The van der Waals surface area contributed by atoms with Crippen LogP contribution in [0.3, 0.4) is 0 Å². The highest BCUT2D eigenvalue weighted by Gasteiger charge is 2.34. The summed E-state index contributed by atoms with van der Waals surface area (Å²) < 4.78 is 14.9. The highest BCUT2D eigenvalue weighted by molar-refractivity contribution is 5.69. The number of phenols is 10. The van der Waals surface area contributed by atoms with Gasteiger partial charge in [0.15, 0.2) is 23.0 Å². The van der Waals surface area contributed by atoms with E-state index < -0.39 is 69.7 Å². The predicted octanol–water partition coefficient (Wildman–Crippen LogP) is 1.12. The summed E-state index contributed by atoms with van der Waals surface area (Å²) >= 11 is 0. The van der Waals surface area contributed by atoms with E-state index in [1.165, 1.54) is 15.6 Å². The Morgan fingerprint density at radius 2 is 1.06 bits per heavy atom. The van der Waals surface area contributed by atoms with Crippen molar-refractivity contribution in [3.63, 3.8) is 0 Å². The van der Waals surface area contributed by atoms with Gasteiger partial charge >= 0.3 is 0 Å². The first-order chi connectivity index (χ1) is 22.6. The molecule has 0 saturated heterocycles. The normalized spacial score (nSPS) is 13.1. The minimum atomic E-state index is -1.24. The van der Waals surface area contributed by atoms with Crippen LogP contribution in [0.4, 0.5) is 0 Å². The van der Waals surface area contributed by atoms with Crippen LogP contribution >= 0.6 is 0 Å². The summed E-state index contributed by atoms with van der Waals surface area (Å²) in [4.78, 5) is 3.65. The van der Waals surface area contributed by atoms with Crippen molar-refractivity contribution in [2.24, 2.45) is 14.1 Å². The number of rotatable bonds is 14. The lowest BCUT2D eigenvalue weighted by Gasteiger charge is -2.23. The molecule has 0 aliphatic heterocycles. The van der Waals surface area contributed by atoms with Crippen molar-refractivity contribution in [3.8, 4) is 57.5 Å². The van der Waals surface area contributed by atoms with Gasteiger partial charge in [0.2, 0.25) is 34.5 Å². The van der Waals surface area contributed by atoms with Crippen LogP contribution in [0.5, 0.6) is 57.5 Å². The smallest absolute Gasteiger partial charge is 0.208 e. The van der Waals surface area contributed by atoms with Gasteiger partial charge in [0.25, 0.3) is 0 Å². The number of aryl methyl sites for hydroxylation is 2. The third-order valence-electron chi connectivity index (χ3n) is 7.71. The van der Waals surface area contributed by atoms with E-state index in [1.807, 2.05) is 23.9 Å². The zero-order valence-electron chi connectivity index (χ0n) is 26.9. The van der Waals surface area contributed by atoms with Crippen LogP contribution in [0.1, 0.15) is 40.4 Å². The van der Waals surface area contributed by atoms with Crippen LogP contribution < -0.4 is 0 Å². The molecule has 2 aromatic heterocycles. The average Bonchev–Trinajstić information content (AvgIpc) is 3.63. The molecule has 4 aromatic rings. The lowest BCUT2D eigenvalue weighted by atomic mass is 10.0. The van der Waals surface area contributed by atoms with Crippen LogP contribution in [-0.4, -0.2) is 128 Å². The van der Waals surface area contributed by atoms with Gasteiger partial charge in [-0.1, -0.05) is 0 Å². The third kappa shape index (κ3) is 6.86. The first-order valence-electron chi connectivity index (χ1n) is 14.5. The Morgan fingerprint density at radius 1 is 0.625 bits per heavy atom. The van der Waals surface area contributed by atoms with Crippen molar-refractivity contribution in [2.45, 2.75) is 18.8 Å². The second-order valence-corrected chi connectivity index (χ2v) is 11.4. The number of likely N-dealkylation sites (N-methyl/N-ethyl adjacent to an activating group) is 2. The maximum Gasteiger partial charge on any atom is 0.208 e. The lowest BCUT2D eigenvalue weighted by molar-refractivity contribution is 0.0553. The number of aromatic hydroxyl groups is 10. The zero-order valence-corrected chi connectivity index (χ0v) is 26.9. The molecule has 18 heteroatoms. The Balaban J connectivity index is 1.56. The van der Waals surface area contributed by atoms with Crippen LogP contribution in [0.2, 0.25) is 0 Å². The summed E-state index contributed by atoms with van der Waals surface area (Å²) in [5.74, 6) is -9.89. The Kier molecular flexibility index (Phi) is 10.5. The number of phenolic OH excluding ortho intramolecular Hbond substituents is 10. The molecule has 0 amide bonds. The van der Waals surface area contributed by atoms with Gasteiger partial charge in [-0.15, -0.1) is 0 Å². The minimum absolute atomic E-state index is 0.0165. The molecule has 10 N–H and O–H groups in total. The van der Waals surface area contributed by atoms with Gasteiger partial charge in [-0.3, -0.25) is 14.3 Å². The molecule has 2 atom stereocenters. The number of ether oxygens (including phenoxy) is 2. The van der Waals surface area contributed by atoms with Crippen LogP contribution in [0.25, 0.3) is 0 Å². The van der Waals surface area contributed by atoms with E-state index in [9.17, 15) is 51.1 Å². The summed E-state index contributed by atoms with van der Waals surface area (Å²) in [6.45, 7) is 1.02. The standard InChI is InChI=1S/C30H40N6O12/c1-33(2)8-10-47-30(18-21(39)25(43)28(46)26(44)22(18)40)16-12-14(32-36(16)5)13-34(3)9-11-48-29(15-6-7-31-35(15)4)17-19(37)23(41)27(45)24(42)20(17)38/h6-7,12,29-30,37-46H,8-11,13H2,1-5H3. The van der Waals surface area contributed by atoms with Crippen molar-refractivity contribution in [1.82, 2.24) is 29.4 Å². The monoisotopic (exact) mass is 676 g/mol.